The van der Waals surface area contributed by atoms with Gasteiger partial charge in [0.25, 0.3) is 5.91 Å². The minimum atomic E-state index is -0.355. The van der Waals surface area contributed by atoms with Gasteiger partial charge in [0.1, 0.15) is 5.75 Å². The average Bonchev–Trinajstić information content (AvgIpc) is 3.77. The lowest BCUT2D eigenvalue weighted by molar-refractivity contribution is -0.123. The zero-order valence-electron chi connectivity index (χ0n) is 24.1. The molecule has 0 spiro atoms. The van der Waals surface area contributed by atoms with E-state index in [4.69, 9.17) is 16.3 Å². The molecule has 2 bridgehead atoms. The number of aryl methyl sites for hydroxylation is 1. The molecule has 45 heavy (non-hydrogen) atoms. The number of halogens is 1. The van der Waals surface area contributed by atoms with Gasteiger partial charge in [-0.1, -0.05) is 52.8 Å². The molecule has 2 aliphatic heterocycles. The molecule has 4 aromatic rings. The molecule has 3 amide bonds. The van der Waals surface area contributed by atoms with E-state index in [2.05, 4.69) is 10.3 Å². The van der Waals surface area contributed by atoms with Crippen molar-refractivity contribution in [3.63, 3.8) is 0 Å². The van der Waals surface area contributed by atoms with Gasteiger partial charge in [0, 0.05) is 26.8 Å². The second-order valence-corrected chi connectivity index (χ2v) is 14.9. The van der Waals surface area contributed by atoms with E-state index >= 15 is 0 Å². The van der Waals surface area contributed by atoms with Gasteiger partial charge in [-0.05, 0) is 85.2 Å². The van der Waals surface area contributed by atoms with Crippen molar-refractivity contribution >= 4 is 63.8 Å². The van der Waals surface area contributed by atoms with Crippen LogP contribution >= 0.6 is 34.7 Å². The van der Waals surface area contributed by atoms with E-state index in [1.807, 2.05) is 55.5 Å². The number of fused-ring (bicyclic) bond motifs is 9. The summed E-state index contributed by atoms with van der Waals surface area (Å²) < 4.78 is 5.78. The molecule has 8 nitrogen and oxygen atoms in total. The largest absolute Gasteiger partial charge is 0.484 e. The Morgan fingerprint density at radius 2 is 1.64 bits per heavy atom. The van der Waals surface area contributed by atoms with E-state index in [1.54, 1.807) is 36.0 Å². The summed E-state index contributed by atoms with van der Waals surface area (Å²) in [4.78, 5) is 58.1. The van der Waals surface area contributed by atoms with Crippen LogP contribution in [0.3, 0.4) is 0 Å². The highest BCUT2D eigenvalue weighted by atomic mass is 35.5. The van der Waals surface area contributed by atoms with Crippen molar-refractivity contribution in [3.8, 4) is 5.75 Å². The number of carbonyl (C=O) groups excluding carboxylic acids is 3. The molecule has 1 aromatic heterocycles. The van der Waals surface area contributed by atoms with E-state index in [-0.39, 0.29) is 70.0 Å². The number of aromatic amines is 1. The third-order valence-electron chi connectivity index (χ3n) is 9.75. The molecule has 0 radical (unpaired) electrons. The Labute approximate surface area is 272 Å². The van der Waals surface area contributed by atoms with Crippen LogP contribution in [-0.2, 0) is 14.4 Å². The van der Waals surface area contributed by atoms with Crippen molar-refractivity contribution in [2.45, 2.75) is 29.5 Å². The summed E-state index contributed by atoms with van der Waals surface area (Å²) in [5, 5.41) is 4.35. The molecule has 228 valence electrons. The fourth-order valence-electron chi connectivity index (χ4n) is 7.99. The van der Waals surface area contributed by atoms with Gasteiger partial charge in [-0.15, -0.1) is 11.8 Å². The number of thiazole rings is 1. The molecule has 3 heterocycles. The maximum Gasteiger partial charge on any atom is 0.305 e. The summed E-state index contributed by atoms with van der Waals surface area (Å²) in [5.41, 5.74) is 3.36. The van der Waals surface area contributed by atoms with Crippen LogP contribution in [0.1, 0.15) is 28.3 Å². The predicted molar refractivity (Wildman–Crippen MR) is 174 cm³/mol. The third-order valence-corrected chi connectivity index (χ3v) is 12.6. The third kappa shape index (κ3) is 4.73. The second kappa shape index (κ2) is 10.9. The fraction of sp³-hybridized carbons (Fsp3) is 0.294. The van der Waals surface area contributed by atoms with E-state index in [9.17, 15) is 19.2 Å². The number of nitrogens with zero attached hydrogens (tertiary/aromatic N) is 1. The van der Waals surface area contributed by atoms with E-state index in [1.165, 1.54) is 16.2 Å². The lowest BCUT2D eigenvalue weighted by Crippen LogP contribution is -2.42. The Balaban J connectivity index is 1.05. The number of amides is 3. The molecule has 4 unspecified atom stereocenters. The van der Waals surface area contributed by atoms with Crippen LogP contribution in [0.2, 0.25) is 5.02 Å². The number of ether oxygens (including phenoxy) is 1. The minimum absolute atomic E-state index is 0.0345. The van der Waals surface area contributed by atoms with Crippen LogP contribution in [0, 0.1) is 36.5 Å². The monoisotopic (exact) mass is 657 g/mol. The molecule has 2 saturated carbocycles. The molecular formula is C34H28ClN3O5S2. The average molecular weight is 658 g/mol. The van der Waals surface area contributed by atoms with Gasteiger partial charge < -0.3 is 15.0 Å². The molecule has 7 atom stereocenters. The van der Waals surface area contributed by atoms with Crippen molar-refractivity contribution in [2.24, 2.45) is 29.6 Å². The summed E-state index contributed by atoms with van der Waals surface area (Å²) in [6, 6.07) is 22.1. The SMILES string of the molecule is Cc1ccc(N2C(=O)C3C(C2=O)[C@@H]2C[C@H]3C3Sc4[nH]c(=O)sc4[C@H](c4ccc(OCC(=O)Nc5ccc(Cl)cc5)cc4)C32)cc1. The van der Waals surface area contributed by atoms with Crippen molar-refractivity contribution < 1.29 is 19.1 Å². The normalized spacial score (nSPS) is 27.7. The van der Waals surface area contributed by atoms with Crippen molar-refractivity contribution in [3.05, 3.63) is 103 Å². The van der Waals surface area contributed by atoms with Crippen LogP contribution in [0.25, 0.3) is 0 Å². The second-order valence-electron chi connectivity index (χ2n) is 12.2. The van der Waals surface area contributed by atoms with Gasteiger partial charge in [-0.25, -0.2) is 0 Å². The first-order valence-corrected chi connectivity index (χ1v) is 17.0. The Hall–Kier alpha value is -3.86. The predicted octanol–water partition coefficient (Wildman–Crippen LogP) is 6.09. The van der Waals surface area contributed by atoms with Crippen LogP contribution in [0.4, 0.5) is 11.4 Å². The van der Waals surface area contributed by atoms with Gasteiger partial charge in [-0.2, -0.15) is 0 Å². The maximum atomic E-state index is 13.9. The van der Waals surface area contributed by atoms with Crippen LogP contribution in [0.5, 0.6) is 5.75 Å². The maximum absolute atomic E-state index is 13.9. The molecule has 11 heteroatoms. The van der Waals surface area contributed by atoms with Crippen molar-refractivity contribution in [1.29, 1.82) is 0 Å². The van der Waals surface area contributed by atoms with Gasteiger partial charge in [0.2, 0.25) is 11.8 Å². The van der Waals surface area contributed by atoms with E-state index < -0.39 is 0 Å². The molecule has 2 aliphatic carbocycles. The Kier molecular flexibility index (Phi) is 6.92. The smallest absolute Gasteiger partial charge is 0.305 e. The lowest BCUT2D eigenvalue weighted by atomic mass is 9.68. The minimum Gasteiger partial charge on any atom is -0.484 e. The number of carbonyl (C=O) groups is 3. The molecule has 8 rings (SSSR count). The fourth-order valence-corrected chi connectivity index (χ4v) is 11.0. The summed E-state index contributed by atoms with van der Waals surface area (Å²) >= 11 is 8.82. The number of anilines is 2. The number of hydrogen-bond donors (Lipinski definition) is 2. The van der Waals surface area contributed by atoms with E-state index in [0.29, 0.717) is 22.1 Å². The standard InChI is InChI=1S/C34H28ClN3O5S2/c1-16-2-10-20(11-3-16)38-32(40)27-22-14-23(28(27)33(38)41)29-26(22)25(30-31(44-29)37-34(42)45-30)17-4-12-21(13-5-17)43-15-24(39)36-19-8-6-18(35)7-9-19/h2-13,22-23,25-29H,14-15H2,1H3,(H,36,39)(H,37,42)/t22-,23-,25-,26?,27?,28?,29?/m1/s1. The molecule has 4 aliphatic rings. The van der Waals surface area contributed by atoms with E-state index in [0.717, 1.165) is 27.5 Å². The number of imide groups is 1. The molecular weight excluding hydrogens is 630 g/mol. The first kappa shape index (κ1) is 28.6. The molecule has 3 aromatic carbocycles. The number of benzene rings is 3. The van der Waals surface area contributed by atoms with Crippen LogP contribution in [0.15, 0.2) is 82.6 Å². The number of H-pyrrole nitrogens is 1. The highest BCUT2D eigenvalue weighted by Crippen LogP contribution is 2.68. The van der Waals surface area contributed by atoms with Crippen LogP contribution in [-0.4, -0.2) is 34.6 Å². The molecule has 3 fully saturated rings. The number of thioether (sulfide) groups is 1. The lowest BCUT2D eigenvalue weighted by Gasteiger charge is -2.43. The Bertz CT molecular complexity index is 1890. The first-order chi connectivity index (χ1) is 21.8. The quantitative estimate of drug-likeness (QED) is 0.243. The number of rotatable bonds is 6. The summed E-state index contributed by atoms with van der Waals surface area (Å²) in [5.74, 6) is -0.520. The number of hydrogen-bond acceptors (Lipinski definition) is 7. The van der Waals surface area contributed by atoms with Gasteiger partial charge in [0.05, 0.1) is 22.5 Å². The highest BCUT2D eigenvalue weighted by molar-refractivity contribution is 8.00. The van der Waals surface area contributed by atoms with Gasteiger partial charge in [-0.3, -0.25) is 24.1 Å². The zero-order valence-corrected chi connectivity index (χ0v) is 26.5. The van der Waals surface area contributed by atoms with Crippen molar-refractivity contribution in [2.75, 3.05) is 16.8 Å². The van der Waals surface area contributed by atoms with Gasteiger partial charge in [0.15, 0.2) is 6.61 Å². The number of nitrogens with one attached hydrogen (secondary N) is 2. The number of aromatic nitrogens is 1. The molecule has 2 N–H and O–H groups in total. The Morgan fingerprint density at radius 1 is 0.956 bits per heavy atom. The van der Waals surface area contributed by atoms with Crippen molar-refractivity contribution in [1.82, 2.24) is 4.98 Å². The Morgan fingerprint density at radius 3 is 2.36 bits per heavy atom. The molecule has 1 saturated heterocycles. The summed E-state index contributed by atoms with van der Waals surface area (Å²) in [6.45, 7) is 1.83. The summed E-state index contributed by atoms with van der Waals surface area (Å²) in [7, 11) is 0. The highest BCUT2D eigenvalue weighted by Gasteiger charge is 2.69. The zero-order chi connectivity index (χ0) is 31.0. The first-order valence-electron chi connectivity index (χ1n) is 14.9. The topological polar surface area (TPSA) is 109 Å². The summed E-state index contributed by atoms with van der Waals surface area (Å²) in [6.07, 6.45) is 0.830. The van der Waals surface area contributed by atoms with Gasteiger partial charge >= 0.3 is 4.87 Å². The van der Waals surface area contributed by atoms with Crippen LogP contribution < -0.4 is 19.8 Å².